The van der Waals surface area contributed by atoms with Crippen LogP contribution in [-0.4, -0.2) is 27.3 Å². The van der Waals surface area contributed by atoms with Crippen molar-refractivity contribution in [2.24, 2.45) is 0 Å². The average molecular weight is 466 g/mol. The molecule has 3 aromatic carbocycles. The molecule has 0 aliphatic rings. The lowest BCUT2D eigenvalue weighted by Crippen LogP contribution is -2.13. The minimum atomic E-state index is -4.45. The Hall–Kier alpha value is -4.14. The highest BCUT2D eigenvalue weighted by atomic mass is 19.4. The molecular weight excluding hydrogens is 445 g/mol. The summed E-state index contributed by atoms with van der Waals surface area (Å²) in [5, 5.41) is 7.12. The number of hydrogen-bond donors (Lipinski definition) is 1. The first-order valence-corrected chi connectivity index (χ1v) is 10.5. The number of nitrogens with zero attached hydrogens (tertiary/aromatic N) is 3. The van der Waals surface area contributed by atoms with Crippen LogP contribution in [-0.2, 0) is 6.18 Å². The molecule has 0 fully saturated rings. The average Bonchev–Trinajstić information content (AvgIpc) is 3.23. The lowest BCUT2D eigenvalue weighted by molar-refractivity contribution is -0.137. The molecule has 174 valence electrons. The number of hydrogen-bond acceptors (Lipinski definition) is 4. The summed E-state index contributed by atoms with van der Waals surface area (Å²) in [5.41, 5.74) is 2.47. The molecule has 0 unspecified atom stereocenters. The van der Waals surface area contributed by atoms with E-state index in [1.54, 1.807) is 28.9 Å². The van der Waals surface area contributed by atoms with Crippen LogP contribution in [0.5, 0.6) is 6.01 Å². The van der Waals surface area contributed by atoms with E-state index in [1.165, 1.54) is 0 Å². The zero-order valence-electron chi connectivity index (χ0n) is 18.4. The van der Waals surface area contributed by atoms with Crippen LogP contribution in [0.25, 0.3) is 17.1 Å². The van der Waals surface area contributed by atoms with Gasteiger partial charge < -0.3 is 10.1 Å². The van der Waals surface area contributed by atoms with E-state index in [-0.39, 0.29) is 11.6 Å². The van der Waals surface area contributed by atoms with Crippen LogP contribution in [0.2, 0.25) is 0 Å². The number of rotatable bonds is 6. The summed E-state index contributed by atoms with van der Waals surface area (Å²) in [7, 11) is 0. The Morgan fingerprint density at radius 1 is 0.971 bits per heavy atom. The van der Waals surface area contributed by atoms with Gasteiger partial charge in [-0.05, 0) is 62.4 Å². The van der Waals surface area contributed by atoms with E-state index < -0.39 is 17.6 Å². The molecular formula is C25H21F3N4O2. The van der Waals surface area contributed by atoms with Gasteiger partial charge >= 0.3 is 12.2 Å². The van der Waals surface area contributed by atoms with Crippen molar-refractivity contribution < 1.29 is 22.7 Å². The number of ether oxygens (including phenoxy) is 1. The van der Waals surface area contributed by atoms with Gasteiger partial charge in [0.25, 0.3) is 5.91 Å². The number of nitrogens with one attached hydrogen (secondary N) is 1. The molecule has 0 atom stereocenters. The predicted octanol–water partition coefficient (Wildman–Crippen LogP) is 5.91. The van der Waals surface area contributed by atoms with Gasteiger partial charge in [-0.1, -0.05) is 29.8 Å². The van der Waals surface area contributed by atoms with Gasteiger partial charge in [-0.3, -0.25) is 4.79 Å². The molecule has 34 heavy (non-hydrogen) atoms. The summed E-state index contributed by atoms with van der Waals surface area (Å²) in [6.07, 6.45) is -4.45. The van der Waals surface area contributed by atoms with Gasteiger partial charge in [-0.25, -0.2) is 4.68 Å². The first kappa shape index (κ1) is 23.0. The molecule has 0 saturated carbocycles. The van der Waals surface area contributed by atoms with E-state index in [4.69, 9.17) is 4.74 Å². The molecule has 4 aromatic rings. The fraction of sp³-hybridized carbons (Fsp3) is 0.160. The standard InChI is InChI=1S/C25H21F3N4O2/c1-3-34-24-30-22(17-6-4-16(2)5-7-17)32(31-24)21-14-12-20(13-15-21)29-23(33)18-8-10-19(11-9-18)25(26,27)28/h4-15H,3H2,1-2H3,(H,29,33). The second-order valence-electron chi connectivity index (χ2n) is 7.50. The first-order valence-electron chi connectivity index (χ1n) is 10.5. The fourth-order valence-electron chi connectivity index (χ4n) is 3.25. The largest absolute Gasteiger partial charge is 0.463 e. The first-order chi connectivity index (χ1) is 16.2. The van der Waals surface area contributed by atoms with E-state index in [0.717, 1.165) is 35.4 Å². The minimum Gasteiger partial charge on any atom is -0.463 e. The Morgan fingerprint density at radius 3 is 2.21 bits per heavy atom. The lowest BCUT2D eigenvalue weighted by Gasteiger charge is -2.10. The summed E-state index contributed by atoms with van der Waals surface area (Å²) in [6.45, 7) is 4.27. The van der Waals surface area contributed by atoms with Gasteiger partial charge in [0.05, 0.1) is 17.9 Å². The van der Waals surface area contributed by atoms with Crippen LogP contribution in [0, 0.1) is 6.92 Å². The third-order valence-corrected chi connectivity index (χ3v) is 5.02. The Bertz CT molecular complexity index is 1280. The quantitative estimate of drug-likeness (QED) is 0.383. The van der Waals surface area contributed by atoms with E-state index >= 15 is 0 Å². The molecule has 1 amide bonds. The Kier molecular flexibility index (Phi) is 6.36. The number of carbonyl (C=O) groups excluding carboxylic acids is 1. The van der Waals surface area contributed by atoms with Crippen LogP contribution >= 0.6 is 0 Å². The number of aryl methyl sites for hydroxylation is 1. The number of aromatic nitrogens is 3. The molecule has 1 N–H and O–H groups in total. The molecule has 1 aromatic heterocycles. The topological polar surface area (TPSA) is 69.0 Å². The second kappa shape index (κ2) is 9.38. The Balaban J connectivity index is 1.55. The van der Waals surface area contributed by atoms with Crippen LogP contribution in [0.3, 0.4) is 0 Å². The van der Waals surface area contributed by atoms with E-state index in [1.807, 2.05) is 38.1 Å². The van der Waals surface area contributed by atoms with Crippen molar-refractivity contribution in [3.8, 4) is 23.1 Å². The Labute approximate surface area is 194 Å². The summed E-state index contributed by atoms with van der Waals surface area (Å²) < 4.78 is 45.3. The number of carbonyl (C=O) groups is 1. The number of halogens is 3. The van der Waals surface area contributed by atoms with Gasteiger partial charge in [-0.2, -0.15) is 18.2 Å². The molecule has 0 aliphatic heterocycles. The molecule has 6 nitrogen and oxygen atoms in total. The fourth-order valence-corrected chi connectivity index (χ4v) is 3.25. The number of alkyl halides is 3. The smallest absolute Gasteiger partial charge is 0.416 e. The van der Waals surface area contributed by atoms with E-state index in [9.17, 15) is 18.0 Å². The summed E-state index contributed by atoms with van der Waals surface area (Å²) >= 11 is 0. The van der Waals surface area contributed by atoms with Gasteiger partial charge in [0, 0.05) is 16.8 Å². The molecule has 0 saturated heterocycles. The van der Waals surface area contributed by atoms with Crippen molar-refractivity contribution in [1.82, 2.24) is 14.8 Å². The highest BCUT2D eigenvalue weighted by Gasteiger charge is 2.30. The summed E-state index contributed by atoms with van der Waals surface area (Å²) in [6, 6.07) is 19.0. The highest BCUT2D eigenvalue weighted by molar-refractivity contribution is 6.04. The number of anilines is 1. The van der Waals surface area contributed by atoms with Crippen molar-refractivity contribution in [2.75, 3.05) is 11.9 Å². The van der Waals surface area contributed by atoms with Gasteiger partial charge in [0.15, 0.2) is 5.82 Å². The maximum absolute atomic E-state index is 12.7. The van der Waals surface area contributed by atoms with Crippen LogP contribution in [0.4, 0.5) is 18.9 Å². The number of amides is 1. The molecule has 4 rings (SSSR count). The van der Waals surface area contributed by atoms with Crippen LogP contribution in [0.15, 0.2) is 72.8 Å². The highest BCUT2D eigenvalue weighted by Crippen LogP contribution is 2.29. The second-order valence-corrected chi connectivity index (χ2v) is 7.50. The molecule has 9 heteroatoms. The van der Waals surface area contributed by atoms with E-state index in [0.29, 0.717) is 23.8 Å². The third kappa shape index (κ3) is 5.09. The van der Waals surface area contributed by atoms with Gasteiger partial charge in [-0.15, -0.1) is 5.10 Å². The van der Waals surface area contributed by atoms with Gasteiger partial charge in [0.2, 0.25) is 0 Å². The normalized spacial score (nSPS) is 11.3. The zero-order valence-corrected chi connectivity index (χ0v) is 18.4. The van der Waals surface area contributed by atoms with Crippen molar-refractivity contribution >= 4 is 11.6 Å². The molecule has 0 bridgehead atoms. The Morgan fingerprint density at radius 2 is 1.62 bits per heavy atom. The van der Waals surface area contributed by atoms with Crippen molar-refractivity contribution in [3.05, 3.63) is 89.5 Å². The molecule has 0 aliphatic carbocycles. The van der Waals surface area contributed by atoms with Crippen molar-refractivity contribution in [2.45, 2.75) is 20.0 Å². The summed E-state index contributed by atoms with van der Waals surface area (Å²) in [5.74, 6) is 0.0891. The maximum atomic E-state index is 12.7. The zero-order chi connectivity index (χ0) is 24.3. The van der Waals surface area contributed by atoms with Crippen LogP contribution < -0.4 is 10.1 Å². The van der Waals surface area contributed by atoms with Crippen molar-refractivity contribution in [3.63, 3.8) is 0 Å². The monoisotopic (exact) mass is 466 g/mol. The van der Waals surface area contributed by atoms with E-state index in [2.05, 4.69) is 15.4 Å². The lowest BCUT2D eigenvalue weighted by atomic mass is 10.1. The predicted molar refractivity (Wildman–Crippen MR) is 122 cm³/mol. The SMILES string of the molecule is CCOc1nc(-c2ccc(C)cc2)n(-c2ccc(NC(=O)c3ccc(C(F)(F)F)cc3)cc2)n1. The van der Waals surface area contributed by atoms with Crippen molar-refractivity contribution in [1.29, 1.82) is 0 Å². The minimum absolute atomic E-state index is 0.122. The molecule has 1 heterocycles. The summed E-state index contributed by atoms with van der Waals surface area (Å²) in [4.78, 5) is 16.9. The van der Waals surface area contributed by atoms with Crippen LogP contribution in [0.1, 0.15) is 28.4 Å². The maximum Gasteiger partial charge on any atom is 0.416 e. The molecule has 0 radical (unpaired) electrons. The van der Waals surface area contributed by atoms with Gasteiger partial charge in [0.1, 0.15) is 0 Å². The third-order valence-electron chi connectivity index (χ3n) is 5.02. The molecule has 0 spiro atoms. The number of benzene rings is 3.